The van der Waals surface area contributed by atoms with E-state index in [4.69, 9.17) is 0 Å². The molecule has 0 amide bonds. The first-order valence-electron chi connectivity index (χ1n) is 4.28. The van der Waals surface area contributed by atoms with Crippen LogP contribution in [0.5, 0.6) is 0 Å². The number of ketones is 1. The quantitative estimate of drug-likeness (QED) is 0.715. The summed E-state index contributed by atoms with van der Waals surface area (Å²) in [5, 5.41) is 0. The molecular formula is C8H17NO3S. The molecule has 0 spiro atoms. The topological polar surface area (TPSA) is 63.2 Å². The monoisotopic (exact) mass is 207 g/mol. The number of rotatable bonds is 5. The maximum Gasteiger partial charge on any atom is 0.209 e. The van der Waals surface area contributed by atoms with Crippen LogP contribution in [0.1, 0.15) is 27.2 Å². The highest BCUT2D eigenvalue weighted by atomic mass is 32.2. The molecule has 0 saturated heterocycles. The van der Waals surface area contributed by atoms with E-state index in [1.54, 1.807) is 6.92 Å². The van der Waals surface area contributed by atoms with E-state index in [1.807, 2.05) is 13.8 Å². The van der Waals surface area contributed by atoms with Gasteiger partial charge in [-0.15, -0.1) is 0 Å². The average molecular weight is 207 g/mol. The molecule has 0 bridgehead atoms. The molecule has 0 aliphatic carbocycles. The molecule has 4 nitrogen and oxygen atoms in total. The number of Topliss-reactive ketones (excluding diaryl/α,β-unsaturated/α-hetero) is 1. The largest absolute Gasteiger partial charge is 0.298 e. The van der Waals surface area contributed by atoms with Crippen LogP contribution in [0.25, 0.3) is 0 Å². The molecule has 0 fully saturated rings. The van der Waals surface area contributed by atoms with Crippen LogP contribution in [0.3, 0.4) is 0 Å². The third-order valence-electron chi connectivity index (χ3n) is 1.70. The van der Waals surface area contributed by atoms with Gasteiger partial charge in [-0.3, -0.25) is 4.79 Å². The number of hydrogen-bond acceptors (Lipinski definition) is 3. The zero-order valence-electron chi connectivity index (χ0n) is 8.49. The molecule has 78 valence electrons. The Morgan fingerprint density at radius 3 is 2.08 bits per heavy atom. The molecule has 0 rings (SSSR count). The maximum absolute atomic E-state index is 11.3. The minimum absolute atomic E-state index is 0.0119. The molecule has 0 aliphatic heterocycles. The number of carbonyl (C=O) groups excluding carboxylic acids is 1. The summed E-state index contributed by atoms with van der Waals surface area (Å²) in [4.78, 5) is 11.3. The van der Waals surface area contributed by atoms with Crippen LogP contribution in [-0.2, 0) is 14.8 Å². The van der Waals surface area contributed by atoms with Crippen LogP contribution >= 0.6 is 0 Å². The highest BCUT2D eigenvalue weighted by Crippen LogP contribution is 2.05. The molecule has 0 heterocycles. The number of nitrogens with one attached hydrogen (secondary N) is 1. The summed E-state index contributed by atoms with van der Waals surface area (Å²) >= 11 is 0. The van der Waals surface area contributed by atoms with E-state index in [1.165, 1.54) is 0 Å². The molecule has 1 atom stereocenters. The van der Waals surface area contributed by atoms with Crippen molar-refractivity contribution in [3.05, 3.63) is 0 Å². The third kappa shape index (κ3) is 5.00. The molecule has 5 heteroatoms. The summed E-state index contributed by atoms with van der Waals surface area (Å²) in [6.07, 6.45) is 1.41. The Balaban J connectivity index is 4.55. The zero-order chi connectivity index (χ0) is 10.6. The Morgan fingerprint density at radius 1 is 1.38 bits per heavy atom. The predicted molar refractivity (Wildman–Crippen MR) is 51.9 cm³/mol. The van der Waals surface area contributed by atoms with Crippen LogP contribution in [0.2, 0.25) is 0 Å². The lowest BCUT2D eigenvalue weighted by Gasteiger charge is -2.18. The molecule has 0 aromatic rings. The van der Waals surface area contributed by atoms with Gasteiger partial charge in [0.25, 0.3) is 0 Å². The molecule has 13 heavy (non-hydrogen) atoms. The highest BCUT2D eigenvalue weighted by molar-refractivity contribution is 7.88. The molecule has 0 aliphatic rings. The van der Waals surface area contributed by atoms with E-state index in [-0.39, 0.29) is 11.7 Å². The Labute approximate surface area is 79.8 Å². The molecule has 0 aromatic heterocycles. The Hall–Kier alpha value is -0.420. The summed E-state index contributed by atoms with van der Waals surface area (Å²) in [6, 6.07) is -0.583. The number of hydrogen-bond donors (Lipinski definition) is 1. The number of sulfonamides is 1. The van der Waals surface area contributed by atoms with Gasteiger partial charge in [0.1, 0.15) is 0 Å². The minimum atomic E-state index is -3.29. The van der Waals surface area contributed by atoms with E-state index in [0.29, 0.717) is 6.42 Å². The first-order chi connectivity index (χ1) is 5.78. The molecule has 0 aromatic carbocycles. The lowest BCUT2D eigenvalue weighted by molar-refractivity contribution is -0.121. The van der Waals surface area contributed by atoms with Crippen LogP contribution < -0.4 is 4.72 Å². The smallest absolute Gasteiger partial charge is 0.209 e. The van der Waals surface area contributed by atoms with E-state index in [0.717, 1.165) is 6.26 Å². The van der Waals surface area contributed by atoms with Gasteiger partial charge in [-0.2, -0.15) is 0 Å². The van der Waals surface area contributed by atoms with Crippen molar-refractivity contribution < 1.29 is 13.2 Å². The Morgan fingerprint density at radius 2 is 1.85 bits per heavy atom. The van der Waals surface area contributed by atoms with Crippen LogP contribution in [-0.4, -0.2) is 26.5 Å². The van der Waals surface area contributed by atoms with Crippen LogP contribution in [0.4, 0.5) is 0 Å². The summed E-state index contributed by atoms with van der Waals surface area (Å²) in [6.45, 7) is 5.36. The first kappa shape index (κ1) is 12.6. The van der Waals surface area contributed by atoms with Crippen molar-refractivity contribution in [2.75, 3.05) is 6.26 Å². The van der Waals surface area contributed by atoms with E-state index < -0.39 is 16.1 Å². The summed E-state index contributed by atoms with van der Waals surface area (Å²) in [5.74, 6) is -0.0809. The second kappa shape index (κ2) is 4.72. The van der Waals surface area contributed by atoms with Crippen molar-refractivity contribution in [3.8, 4) is 0 Å². The Bertz CT molecular complexity index is 269. The van der Waals surface area contributed by atoms with Crippen molar-refractivity contribution >= 4 is 15.8 Å². The third-order valence-corrected chi connectivity index (χ3v) is 2.39. The molecule has 1 N–H and O–H groups in total. The van der Waals surface area contributed by atoms with Crippen molar-refractivity contribution in [3.63, 3.8) is 0 Å². The van der Waals surface area contributed by atoms with Crippen molar-refractivity contribution in [2.45, 2.75) is 33.2 Å². The van der Waals surface area contributed by atoms with Crippen molar-refractivity contribution in [1.29, 1.82) is 0 Å². The molecular weight excluding hydrogens is 190 g/mol. The highest BCUT2D eigenvalue weighted by Gasteiger charge is 2.23. The molecule has 0 saturated carbocycles. The summed E-state index contributed by atoms with van der Waals surface area (Å²) in [7, 11) is -3.29. The van der Waals surface area contributed by atoms with E-state index >= 15 is 0 Å². The summed E-state index contributed by atoms with van der Waals surface area (Å²) < 4.78 is 24.1. The van der Waals surface area contributed by atoms with Crippen LogP contribution in [0.15, 0.2) is 0 Å². The summed E-state index contributed by atoms with van der Waals surface area (Å²) in [5.41, 5.74) is 0. The van der Waals surface area contributed by atoms with Gasteiger partial charge in [0.2, 0.25) is 10.0 Å². The maximum atomic E-state index is 11.3. The fourth-order valence-electron chi connectivity index (χ4n) is 1.02. The normalized spacial score (nSPS) is 14.5. The van der Waals surface area contributed by atoms with Gasteiger partial charge < -0.3 is 0 Å². The fraction of sp³-hybridized carbons (Fsp3) is 0.875. The molecule has 0 radical (unpaired) electrons. The Kier molecular flexibility index (Phi) is 4.56. The fourth-order valence-corrected chi connectivity index (χ4v) is 1.89. The van der Waals surface area contributed by atoms with E-state index in [9.17, 15) is 13.2 Å². The second-order valence-electron chi connectivity index (χ2n) is 3.43. The standard InChI is InChI=1S/C8H17NO3S/c1-5-7(10)8(6(2)3)9-13(4,11)12/h6,8-9H,5H2,1-4H3. The van der Waals surface area contributed by atoms with Gasteiger partial charge in [-0.1, -0.05) is 20.8 Å². The average Bonchev–Trinajstić information content (AvgIpc) is 1.96. The van der Waals surface area contributed by atoms with Gasteiger partial charge in [0.05, 0.1) is 12.3 Å². The van der Waals surface area contributed by atoms with E-state index in [2.05, 4.69) is 4.72 Å². The zero-order valence-corrected chi connectivity index (χ0v) is 9.31. The predicted octanol–water partition coefficient (Wildman–Crippen LogP) is 0.539. The number of carbonyl (C=O) groups is 1. The van der Waals surface area contributed by atoms with Gasteiger partial charge in [0, 0.05) is 6.42 Å². The van der Waals surface area contributed by atoms with Gasteiger partial charge in [0.15, 0.2) is 5.78 Å². The SMILES string of the molecule is CCC(=O)C(NS(C)(=O)=O)C(C)C. The lowest BCUT2D eigenvalue weighted by atomic mass is 10.00. The van der Waals surface area contributed by atoms with Crippen LogP contribution in [0, 0.1) is 5.92 Å². The van der Waals surface area contributed by atoms with Gasteiger partial charge in [-0.05, 0) is 5.92 Å². The first-order valence-corrected chi connectivity index (χ1v) is 6.17. The van der Waals surface area contributed by atoms with Crippen molar-refractivity contribution in [2.24, 2.45) is 5.92 Å². The van der Waals surface area contributed by atoms with Crippen molar-refractivity contribution in [1.82, 2.24) is 4.72 Å². The van der Waals surface area contributed by atoms with Gasteiger partial charge in [-0.25, -0.2) is 13.1 Å². The van der Waals surface area contributed by atoms with Gasteiger partial charge >= 0.3 is 0 Å². The second-order valence-corrected chi connectivity index (χ2v) is 5.21. The lowest BCUT2D eigenvalue weighted by Crippen LogP contribution is -2.43. The minimum Gasteiger partial charge on any atom is -0.298 e. The molecule has 1 unspecified atom stereocenters.